The molecule has 0 aliphatic carbocycles. The number of nitrogens with two attached hydrogens (primary N) is 1. The standard InChI is InChI=1S/C13H23N3O/c1-10(2)7-13(3,9-14)16-12-6-5-11(17-4)8-15-12/h5-6,8,10H,7,9,14H2,1-4H3,(H,15,16). The van der Waals surface area contributed by atoms with Gasteiger partial charge in [0.05, 0.1) is 13.3 Å². The van der Waals surface area contributed by atoms with Gasteiger partial charge in [-0.1, -0.05) is 13.8 Å². The van der Waals surface area contributed by atoms with Crippen LogP contribution in [0, 0.1) is 5.92 Å². The number of methoxy groups -OCH3 is 1. The van der Waals surface area contributed by atoms with E-state index in [0.29, 0.717) is 12.5 Å². The van der Waals surface area contributed by atoms with Crippen LogP contribution >= 0.6 is 0 Å². The Morgan fingerprint density at radius 3 is 2.59 bits per heavy atom. The van der Waals surface area contributed by atoms with Crippen LogP contribution in [0.5, 0.6) is 5.75 Å². The van der Waals surface area contributed by atoms with Gasteiger partial charge in [0.1, 0.15) is 11.6 Å². The van der Waals surface area contributed by atoms with E-state index in [0.717, 1.165) is 18.0 Å². The van der Waals surface area contributed by atoms with Gasteiger partial charge in [-0.15, -0.1) is 0 Å². The Balaban J connectivity index is 2.72. The molecular formula is C13H23N3O. The third-order valence-electron chi connectivity index (χ3n) is 2.71. The van der Waals surface area contributed by atoms with Gasteiger partial charge in [-0.3, -0.25) is 0 Å². The van der Waals surface area contributed by atoms with Crippen molar-refractivity contribution in [1.82, 2.24) is 4.98 Å². The first-order valence-electron chi connectivity index (χ1n) is 5.97. The lowest BCUT2D eigenvalue weighted by molar-refractivity contribution is 0.404. The van der Waals surface area contributed by atoms with Crippen molar-refractivity contribution < 1.29 is 4.74 Å². The summed E-state index contributed by atoms with van der Waals surface area (Å²) in [4.78, 5) is 4.30. The molecule has 0 bridgehead atoms. The maximum atomic E-state index is 5.84. The van der Waals surface area contributed by atoms with Gasteiger partial charge >= 0.3 is 0 Å². The molecule has 0 saturated heterocycles. The lowest BCUT2D eigenvalue weighted by Crippen LogP contribution is -2.43. The number of pyridine rings is 1. The molecule has 0 spiro atoms. The second kappa shape index (κ2) is 5.87. The summed E-state index contributed by atoms with van der Waals surface area (Å²) < 4.78 is 5.08. The summed E-state index contributed by atoms with van der Waals surface area (Å²) in [7, 11) is 1.63. The molecule has 17 heavy (non-hydrogen) atoms. The van der Waals surface area contributed by atoms with E-state index in [9.17, 15) is 0 Å². The van der Waals surface area contributed by atoms with Gasteiger partial charge in [-0.05, 0) is 31.4 Å². The van der Waals surface area contributed by atoms with Gasteiger partial charge in [0.2, 0.25) is 0 Å². The van der Waals surface area contributed by atoms with Gasteiger partial charge in [0.15, 0.2) is 0 Å². The van der Waals surface area contributed by atoms with E-state index in [-0.39, 0.29) is 5.54 Å². The summed E-state index contributed by atoms with van der Waals surface area (Å²) >= 11 is 0. The fourth-order valence-electron chi connectivity index (χ4n) is 1.97. The van der Waals surface area contributed by atoms with Crippen LogP contribution in [0.3, 0.4) is 0 Å². The Kier molecular flexibility index (Phi) is 4.75. The number of aromatic nitrogens is 1. The SMILES string of the molecule is COc1ccc(NC(C)(CN)CC(C)C)nc1. The second-order valence-corrected chi connectivity index (χ2v) is 5.07. The van der Waals surface area contributed by atoms with Crippen LogP contribution in [0.4, 0.5) is 5.82 Å². The molecule has 0 fully saturated rings. The molecule has 4 nitrogen and oxygen atoms in total. The average molecular weight is 237 g/mol. The number of hydrogen-bond acceptors (Lipinski definition) is 4. The Bertz CT molecular complexity index is 337. The minimum atomic E-state index is -0.115. The van der Waals surface area contributed by atoms with Gasteiger partial charge in [0, 0.05) is 12.1 Å². The summed E-state index contributed by atoms with van der Waals surface area (Å²) in [5.74, 6) is 2.18. The molecule has 0 aliphatic rings. The maximum absolute atomic E-state index is 5.84. The summed E-state index contributed by atoms with van der Waals surface area (Å²) in [6, 6.07) is 3.80. The third kappa shape index (κ3) is 4.23. The molecule has 0 aliphatic heterocycles. The lowest BCUT2D eigenvalue weighted by Gasteiger charge is -2.31. The highest BCUT2D eigenvalue weighted by molar-refractivity contribution is 5.40. The minimum absolute atomic E-state index is 0.115. The molecule has 3 N–H and O–H groups in total. The zero-order chi connectivity index (χ0) is 12.9. The fraction of sp³-hybridized carbons (Fsp3) is 0.615. The highest BCUT2D eigenvalue weighted by Gasteiger charge is 2.23. The van der Waals surface area contributed by atoms with Crippen molar-refractivity contribution in [3.63, 3.8) is 0 Å². The predicted octanol–water partition coefficient (Wildman–Crippen LogP) is 2.27. The smallest absolute Gasteiger partial charge is 0.137 e. The first-order chi connectivity index (χ1) is 7.99. The lowest BCUT2D eigenvalue weighted by atomic mass is 9.91. The Hall–Kier alpha value is -1.29. The largest absolute Gasteiger partial charge is 0.495 e. The van der Waals surface area contributed by atoms with E-state index >= 15 is 0 Å². The van der Waals surface area contributed by atoms with Crippen molar-refractivity contribution in [3.8, 4) is 5.75 Å². The average Bonchev–Trinajstić information content (AvgIpc) is 2.29. The number of nitrogens with zero attached hydrogens (tertiary/aromatic N) is 1. The minimum Gasteiger partial charge on any atom is -0.495 e. The van der Waals surface area contributed by atoms with Gasteiger partial charge in [-0.25, -0.2) is 4.98 Å². The highest BCUT2D eigenvalue weighted by Crippen LogP contribution is 2.21. The van der Waals surface area contributed by atoms with E-state index in [4.69, 9.17) is 10.5 Å². The quantitative estimate of drug-likeness (QED) is 0.796. The zero-order valence-corrected chi connectivity index (χ0v) is 11.2. The van der Waals surface area contributed by atoms with Gasteiger partial charge < -0.3 is 15.8 Å². The number of rotatable bonds is 6. The van der Waals surface area contributed by atoms with E-state index in [1.807, 2.05) is 12.1 Å². The molecule has 1 rings (SSSR count). The first-order valence-corrected chi connectivity index (χ1v) is 5.97. The molecule has 1 heterocycles. The van der Waals surface area contributed by atoms with Crippen LogP contribution in [0.2, 0.25) is 0 Å². The molecule has 0 saturated carbocycles. The molecule has 0 aromatic carbocycles. The Morgan fingerprint density at radius 1 is 1.47 bits per heavy atom. The highest BCUT2D eigenvalue weighted by atomic mass is 16.5. The Labute approximate surface area is 104 Å². The number of hydrogen-bond donors (Lipinski definition) is 2. The third-order valence-corrected chi connectivity index (χ3v) is 2.71. The molecule has 1 aromatic rings. The predicted molar refractivity (Wildman–Crippen MR) is 71.3 cm³/mol. The molecule has 96 valence electrons. The monoisotopic (exact) mass is 237 g/mol. The number of ether oxygens (including phenoxy) is 1. The van der Waals surface area contributed by atoms with Gasteiger partial charge in [0.25, 0.3) is 0 Å². The first kappa shape index (κ1) is 13.8. The van der Waals surface area contributed by atoms with E-state index < -0.39 is 0 Å². The van der Waals surface area contributed by atoms with Crippen molar-refractivity contribution in [2.24, 2.45) is 11.7 Å². The van der Waals surface area contributed by atoms with Crippen LogP contribution in [-0.2, 0) is 0 Å². The molecule has 1 aromatic heterocycles. The van der Waals surface area contributed by atoms with Crippen molar-refractivity contribution in [2.75, 3.05) is 19.0 Å². The molecule has 4 heteroatoms. The van der Waals surface area contributed by atoms with Crippen LogP contribution in [0.15, 0.2) is 18.3 Å². The molecular weight excluding hydrogens is 214 g/mol. The van der Waals surface area contributed by atoms with Crippen LogP contribution in [0.1, 0.15) is 27.2 Å². The summed E-state index contributed by atoms with van der Waals surface area (Å²) in [6.07, 6.45) is 2.71. The number of anilines is 1. The van der Waals surface area contributed by atoms with Crippen molar-refractivity contribution in [1.29, 1.82) is 0 Å². The maximum Gasteiger partial charge on any atom is 0.137 e. The Morgan fingerprint density at radius 2 is 2.18 bits per heavy atom. The molecule has 1 atom stereocenters. The molecule has 0 radical (unpaired) electrons. The van der Waals surface area contributed by atoms with E-state index in [2.05, 4.69) is 31.1 Å². The molecule has 1 unspecified atom stereocenters. The van der Waals surface area contributed by atoms with Crippen molar-refractivity contribution in [2.45, 2.75) is 32.7 Å². The number of nitrogens with one attached hydrogen (secondary N) is 1. The molecule has 0 amide bonds. The fourth-order valence-corrected chi connectivity index (χ4v) is 1.97. The summed E-state index contributed by atoms with van der Waals surface area (Å²) in [5.41, 5.74) is 5.73. The van der Waals surface area contributed by atoms with Crippen LogP contribution in [-0.4, -0.2) is 24.2 Å². The summed E-state index contributed by atoms with van der Waals surface area (Å²) in [5, 5.41) is 3.40. The van der Waals surface area contributed by atoms with Gasteiger partial charge in [-0.2, -0.15) is 0 Å². The summed E-state index contributed by atoms with van der Waals surface area (Å²) in [6.45, 7) is 7.09. The van der Waals surface area contributed by atoms with E-state index in [1.165, 1.54) is 0 Å². The van der Waals surface area contributed by atoms with Crippen LogP contribution < -0.4 is 15.8 Å². The normalized spacial score (nSPS) is 14.5. The zero-order valence-electron chi connectivity index (χ0n) is 11.2. The van der Waals surface area contributed by atoms with Crippen molar-refractivity contribution >= 4 is 5.82 Å². The van der Waals surface area contributed by atoms with E-state index in [1.54, 1.807) is 13.3 Å². The topological polar surface area (TPSA) is 60.2 Å². The van der Waals surface area contributed by atoms with Crippen LogP contribution in [0.25, 0.3) is 0 Å². The van der Waals surface area contributed by atoms with Crippen molar-refractivity contribution in [3.05, 3.63) is 18.3 Å². The second-order valence-electron chi connectivity index (χ2n) is 5.07.